The fraction of sp³-hybridized carbons (Fsp3) is 0.375. The van der Waals surface area contributed by atoms with Gasteiger partial charge in [0.05, 0.1) is 13.2 Å². The van der Waals surface area contributed by atoms with Crippen molar-refractivity contribution in [2.75, 3.05) is 39.4 Å². The zero-order chi connectivity index (χ0) is 16.9. The summed E-state index contributed by atoms with van der Waals surface area (Å²) in [7, 11) is 0. The molecule has 1 aliphatic heterocycles. The van der Waals surface area contributed by atoms with Crippen LogP contribution < -0.4 is 5.32 Å². The summed E-state index contributed by atoms with van der Waals surface area (Å²) in [4.78, 5) is 14.2. The van der Waals surface area contributed by atoms with Crippen LogP contribution in [0.25, 0.3) is 11.3 Å². The number of amides is 1. The summed E-state index contributed by atoms with van der Waals surface area (Å²) in [5.41, 5.74) is 0.408. The normalized spacial score (nSPS) is 15.4. The number of morpholine rings is 1. The van der Waals surface area contributed by atoms with Gasteiger partial charge in [-0.1, -0.05) is 5.16 Å². The molecule has 0 atom stereocenters. The molecular formula is C16H17F2N3O3. The van der Waals surface area contributed by atoms with Crippen molar-refractivity contribution < 1.29 is 22.8 Å². The highest BCUT2D eigenvalue weighted by Crippen LogP contribution is 2.22. The number of ether oxygens (including phenoxy) is 1. The third-order valence-electron chi connectivity index (χ3n) is 3.76. The van der Waals surface area contributed by atoms with Crippen LogP contribution in [0.4, 0.5) is 8.78 Å². The molecule has 0 aliphatic carbocycles. The first-order valence-corrected chi connectivity index (χ1v) is 7.64. The molecule has 1 aliphatic rings. The topological polar surface area (TPSA) is 67.6 Å². The monoisotopic (exact) mass is 337 g/mol. The maximum Gasteiger partial charge on any atom is 0.273 e. The molecule has 0 radical (unpaired) electrons. The fourth-order valence-electron chi connectivity index (χ4n) is 2.41. The van der Waals surface area contributed by atoms with Crippen molar-refractivity contribution in [3.63, 3.8) is 0 Å². The number of rotatable bonds is 5. The van der Waals surface area contributed by atoms with Gasteiger partial charge in [0, 0.05) is 37.8 Å². The van der Waals surface area contributed by atoms with Gasteiger partial charge in [-0.3, -0.25) is 9.69 Å². The largest absolute Gasteiger partial charge is 0.379 e. The molecule has 1 N–H and O–H groups in total. The molecule has 0 unspecified atom stereocenters. The second-order valence-corrected chi connectivity index (χ2v) is 5.42. The molecule has 0 saturated carbocycles. The lowest BCUT2D eigenvalue weighted by atomic mass is 10.1. The molecule has 2 aromatic rings. The second-order valence-electron chi connectivity index (χ2n) is 5.42. The highest BCUT2D eigenvalue weighted by Gasteiger charge is 2.15. The Morgan fingerprint density at radius 2 is 2.00 bits per heavy atom. The Kier molecular flexibility index (Phi) is 5.17. The van der Waals surface area contributed by atoms with E-state index in [0.29, 0.717) is 25.3 Å². The van der Waals surface area contributed by atoms with Gasteiger partial charge < -0.3 is 14.6 Å². The molecular weight excluding hydrogens is 320 g/mol. The summed E-state index contributed by atoms with van der Waals surface area (Å²) in [5, 5.41) is 6.43. The van der Waals surface area contributed by atoms with Gasteiger partial charge in [0.25, 0.3) is 5.91 Å². The maximum atomic E-state index is 13.2. The minimum absolute atomic E-state index is 0.0942. The number of carbonyl (C=O) groups excluding carboxylic acids is 1. The lowest BCUT2D eigenvalue weighted by molar-refractivity contribution is 0.0383. The quantitative estimate of drug-likeness (QED) is 0.899. The summed E-state index contributed by atoms with van der Waals surface area (Å²) < 4.78 is 36.5. The number of halogens is 2. The Bertz CT molecular complexity index is 714. The van der Waals surface area contributed by atoms with Crippen molar-refractivity contribution in [1.29, 1.82) is 0 Å². The number of nitrogens with one attached hydrogen (secondary N) is 1. The van der Waals surface area contributed by atoms with Crippen LogP contribution in [-0.4, -0.2) is 55.4 Å². The standard InChI is InChI=1S/C16H17F2N3O3/c17-12-2-1-11(9-13(12)18)15-10-14(20-24-15)16(22)19-3-4-21-5-7-23-8-6-21/h1-2,9-10H,3-8H2,(H,19,22). The van der Waals surface area contributed by atoms with Gasteiger partial charge in [-0.15, -0.1) is 0 Å². The second kappa shape index (κ2) is 7.50. The molecule has 128 valence electrons. The van der Waals surface area contributed by atoms with Crippen molar-refractivity contribution in [2.45, 2.75) is 0 Å². The summed E-state index contributed by atoms with van der Waals surface area (Å²) in [5.74, 6) is -2.10. The lowest BCUT2D eigenvalue weighted by Gasteiger charge is -2.26. The van der Waals surface area contributed by atoms with E-state index in [-0.39, 0.29) is 17.4 Å². The Labute approximate surface area is 137 Å². The number of benzene rings is 1. The summed E-state index contributed by atoms with van der Waals surface area (Å²) in [6.45, 7) is 4.30. The van der Waals surface area contributed by atoms with Crippen LogP contribution in [0.15, 0.2) is 28.8 Å². The van der Waals surface area contributed by atoms with Crippen LogP contribution in [0, 0.1) is 11.6 Å². The Morgan fingerprint density at radius 1 is 1.21 bits per heavy atom. The van der Waals surface area contributed by atoms with Gasteiger partial charge in [0.15, 0.2) is 23.1 Å². The van der Waals surface area contributed by atoms with Crippen molar-refractivity contribution in [3.8, 4) is 11.3 Å². The van der Waals surface area contributed by atoms with Crippen molar-refractivity contribution in [1.82, 2.24) is 15.4 Å². The van der Waals surface area contributed by atoms with Crippen LogP contribution in [0.2, 0.25) is 0 Å². The minimum Gasteiger partial charge on any atom is -0.379 e. The smallest absolute Gasteiger partial charge is 0.273 e. The van der Waals surface area contributed by atoms with E-state index in [1.807, 2.05) is 0 Å². The van der Waals surface area contributed by atoms with Crippen LogP contribution in [0.5, 0.6) is 0 Å². The van der Waals surface area contributed by atoms with E-state index in [1.54, 1.807) is 0 Å². The van der Waals surface area contributed by atoms with E-state index in [1.165, 1.54) is 12.1 Å². The molecule has 3 rings (SSSR count). The number of nitrogens with zero attached hydrogens (tertiary/aromatic N) is 2. The van der Waals surface area contributed by atoms with Gasteiger partial charge >= 0.3 is 0 Å². The van der Waals surface area contributed by atoms with Crippen LogP contribution in [0.3, 0.4) is 0 Å². The Balaban J connectivity index is 1.56. The molecule has 0 bridgehead atoms. The summed E-state index contributed by atoms with van der Waals surface area (Å²) >= 11 is 0. The highest BCUT2D eigenvalue weighted by molar-refractivity contribution is 5.93. The first-order chi connectivity index (χ1) is 11.6. The molecule has 2 heterocycles. The first kappa shape index (κ1) is 16.5. The number of hydrogen-bond acceptors (Lipinski definition) is 5. The Morgan fingerprint density at radius 3 is 2.75 bits per heavy atom. The van der Waals surface area contributed by atoms with Gasteiger partial charge in [-0.25, -0.2) is 8.78 Å². The number of carbonyl (C=O) groups is 1. The maximum absolute atomic E-state index is 13.2. The van der Waals surface area contributed by atoms with E-state index >= 15 is 0 Å². The van der Waals surface area contributed by atoms with Crippen molar-refractivity contribution >= 4 is 5.91 Å². The molecule has 8 heteroatoms. The average molecular weight is 337 g/mol. The predicted octanol–water partition coefficient (Wildman–Crippen LogP) is 1.68. The van der Waals surface area contributed by atoms with E-state index in [4.69, 9.17) is 9.26 Å². The third-order valence-corrected chi connectivity index (χ3v) is 3.76. The van der Waals surface area contributed by atoms with E-state index in [9.17, 15) is 13.6 Å². The van der Waals surface area contributed by atoms with Gasteiger partial charge in [0.1, 0.15) is 0 Å². The van der Waals surface area contributed by atoms with Crippen LogP contribution >= 0.6 is 0 Å². The molecule has 1 aromatic carbocycles. The van der Waals surface area contributed by atoms with Crippen LogP contribution in [-0.2, 0) is 4.74 Å². The van der Waals surface area contributed by atoms with Gasteiger partial charge in [-0.2, -0.15) is 0 Å². The van der Waals surface area contributed by atoms with Crippen LogP contribution in [0.1, 0.15) is 10.5 Å². The molecule has 1 amide bonds. The lowest BCUT2D eigenvalue weighted by Crippen LogP contribution is -2.41. The van der Waals surface area contributed by atoms with E-state index < -0.39 is 11.6 Å². The van der Waals surface area contributed by atoms with E-state index in [2.05, 4.69) is 15.4 Å². The third kappa shape index (κ3) is 3.95. The predicted molar refractivity (Wildman–Crippen MR) is 81.4 cm³/mol. The zero-order valence-electron chi connectivity index (χ0n) is 12.9. The number of aromatic nitrogens is 1. The molecule has 1 aromatic heterocycles. The zero-order valence-corrected chi connectivity index (χ0v) is 12.9. The van der Waals surface area contributed by atoms with Gasteiger partial charge in [-0.05, 0) is 18.2 Å². The molecule has 0 spiro atoms. The van der Waals surface area contributed by atoms with Crippen molar-refractivity contribution in [3.05, 3.63) is 41.6 Å². The highest BCUT2D eigenvalue weighted by atomic mass is 19.2. The molecule has 24 heavy (non-hydrogen) atoms. The average Bonchev–Trinajstić information content (AvgIpc) is 3.08. The summed E-state index contributed by atoms with van der Waals surface area (Å²) in [6, 6.07) is 4.75. The first-order valence-electron chi connectivity index (χ1n) is 7.64. The van der Waals surface area contributed by atoms with Gasteiger partial charge in [0.2, 0.25) is 0 Å². The molecule has 1 saturated heterocycles. The number of hydrogen-bond donors (Lipinski definition) is 1. The minimum atomic E-state index is -0.986. The molecule has 1 fully saturated rings. The van der Waals surface area contributed by atoms with E-state index in [0.717, 1.165) is 31.8 Å². The molecule has 6 nitrogen and oxygen atoms in total. The van der Waals surface area contributed by atoms with Crippen molar-refractivity contribution in [2.24, 2.45) is 0 Å². The summed E-state index contributed by atoms with van der Waals surface area (Å²) in [6.07, 6.45) is 0. The Hall–Kier alpha value is -2.32. The SMILES string of the molecule is O=C(NCCN1CCOCC1)c1cc(-c2ccc(F)c(F)c2)on1. The fourth-order valence-corrected chi connectivity index (χ4v) is 2.41.